The minimum Gasteiger partial charge on any atom is -0.414 e. The van der Waals surface area contributed by atoms with E-state index in [1.807, 2.05) is 0 Å². The Balaban J connectivity index is 1.52. The van der Waals surface area contributed by atoms with E-state index >= 15 is 0 Å². The lowest BCUT2D eigenvalue weighted by atomic mass is 9.51. The molecule has 0 unspecified atom stereocenters. The van der Waals surface area contributed by atoms with E-state index in [-0.39, 0.29) is 22.7 Å². The lowest BCUT2D eigenvalue weighted by molar-refractivity contribution is -0.159. The smallest absolute Gasteiger partial charge is 0.192 e. The van der Waals surface area contributed by atoms with Gasteiger partial charge in [0, 0.05) is 17.4 Å². The second-order valence-corrected chi connectivity index (χ2v) is 15.6. The van der Waals surface area contributed by atoms with E-state index in [0.29, 0.717) is 17.9 Å². The Bertz CT molecular complexity index is 576. The molecule has 1 aliphatic heterocycles. The van der Waals surface area contributed by atoms with Crippen molar-refractivity contribution in [3.05, 3.63) is 12.2 Å². The Morgan fingerprint density at radius 3 is 2.52 bits per heavy atom. The van der Waals surface area contributed by atoms with Crippen LogP contribution in [0.3, 0.4) is 0 Å². The predicted octanol–water partition coefficient (Wildman–Crippen LogP) is 5.27. The molecule has 0 aromatic carbocycles. The van der Waals surface area contributed by atoms with Crippen LogP contribution in [0.2, 0.25) is 18.1 Å². The molecule has 4 heteroatoms. The zero-order valence-electron chi connectivity index (χ0n) is 17.1. The van der Waals surface area contributed by atoms with Crippen LogP contribution in [0.4, 0.5) is 0 Å². The van der Waals surface area contributed by atoms with Crippen LogP contribution >= 0.6 is 0 Å². The summed E-state index contributed by atoms with van der Waals surface area (Å²) in [5.41, 5.74) is 0.181. The Hall–Kier alpha value is -0.163. The van der Waals surface area contributed by atoms with Crippen molar-refractivity contribution in [3.8, 4) is 0 Å². The third-order valence-electron chi connectivity index (χ3n) is 7.77. The maximum Gasteiger partial charge on any atom is 0.192 e. The van der Waals surface area contributed by atoms with Crippen LogP contribution in [0, 0.1) is 17.3 Å². The first-order chi connectivity index (χ1) is 11.4. The fourth-order valence-electron chi connectivity index (χ4n) is 5.45. The summed E-state index contributed by atoms with van der Waals surface area (Å²) in [5, 5.41) is 0.283. The molecule has 3 nitrogen and oxygen atoms in total. The van der Waals surface area contributed by atoms with Crippen LogP contribution in [0.25, 0.3) is 0 Å². The number of rotatable bonds is 2. The van der Waals surface area contributed by atoms with Gasteiger partial charge in [-0.05, 0) is 63.6 Å². The van der Waals surface area contributed by atoms with Gasteiger partial charge in [-0.1, -0.05) is 32.9 Å². The first kappa shape index (κ1) is 18.2. The largest absolute Gasteiger partial charge is 0.414 e. The lowest BCUT2D eigenvalue weighted by Crippen LogP contribution is -2.59. The van der Waals surface area contributed by atoms with Crippen LogP contribution in [-0.4, -0.2) is 32.4 Å². The van der Waals surface area contributed by atoms with Gasteiger partial charge < -0.3 is 13.9 Å². The average molecular weight is 365 g/mol. The van der Waals surface area contributed by atoms with Crippen molar-refractivity contribution < 1.29 is 13.9 Å². The van der Waals surface area contributed by atoms with Crippen LogP contribution in [-0.2, 0) is 13.9 Å². The van der Waals surface area contributed by atoms with Gasteiger partial charge in [0.05, 0.1) is 12.2 Å². The van der Waals surface area contributed by atoms with Crippen molar-refractivity contribution in [2.75, 3.05) is 0 Å². The molecule has 2 saturated carbocycles. The van der Waals surface area contributed by atoms with Crippen molar-refractivity contribution >= 4 is 8.32 Å². The summed E-state index contributed by atoms with van der Waals surface area (Å²) < 4.78 is 19.5. The molecule has 3 fully saturated rings. The number of hydrogen-bond acceptors (Lipinski definition) is 3. The van der Waals surface area contributed by atoms with E-state index in [1.165, 1.54) is 19.3 Å². The molecule has 5 aliphatic rings. The first-order valence-corrected chi connectivity index (χ1v) is 13.1. The highest BCUT2D eigenvalue weighted by Crippen LogP contribution is 2.61. The molecule has 0 radical (unpaired) electrons. The molecule has 1 spiro atoms. The highest BCUT2D eigenvalue weighted by Gasteiger charge is 2.63. The fourth-order valence-corrected chi connectivity index (χ4v) is 6.85. The summed E-state index contributed by atoms with van der Waals surface area (Å²) >= 11 is 0. The van der Waals surface area contributed by atoms with Gasteiger partial charge >= 0.3 is 0 Å². The van der Waals surface area contributed by atoms with Gasteiger partial charge in [-0.3, -0.25) is 0 Å². The molecule has 25 heavy (non-hydrogen) atoms. The molecule has 0 aromatic rings. The summed E-state index contributed by atoms with van der Waals surface area (Å²) in [6.45, 7) is 15.9. The summed E-state index contributed by atoms with van der Waals surface area (Å²) in [4.78, 5) is 0. The van der Waals surface area contributed by atoms with Gasteiger partial charge in [0.1, 0.15) is 0 Å². The predicted molar refractivity (Wildman–Crippen MR) is 103 cm³/mol. The van der Waals surface area contributed by atoms with E-state index in [0.717, 1.165) is 6.42 Å². The molecule has 0 aromatic heterocycles. The quantitative estimate of drug-likeness (QED) is 0.493. The van der Waals surface area contributed by atoms with Gasteiger partial charge in [-0.25, -0.2) is 0 Å². The molecule has 5 rings (SSSR count). The third kappa shape index (κ3) is 2.79. The van der Waals surface area contributed by atoms with Crippen LogP contribution < -0.4 is 0 Å². The molecular formula is C21H36O3Si. The number of ether oxygens (including phenoxy) is 2. The third-order valence-corrected chi connectivity index (χ3v) is 12.3. The van der Waals surface area contributed by atoms with E-state index in [4.69, 9.17) is 13.9 Å². The second-order valence-electron chi connectivity index (χ2n) is 10.9. The fraction of sp³-hybridized carbons (Fsp3) is 0.905. The molecule has 0 N–H and O–H groups in total. The van der Waals surface area contributed by atoms with Gasteiger partial charge in [0.2, 0.25) is 0 Å². The lowest BCUT2D eigenvalue weighted by Gasteiger charge is -2.57. The van der Waals surface area contributed by atoms with Crippen LogP contribution in [0.5, 0.6) is 0 Å². The van der Waals surface area contributed by atoms with Gasteiger partial charge in [0.15, 0.2) is 14.1 Å². The minimum atomic E-state index is -1.70. The summed E-state index contributed by atoms with van der Waals surface area (Å²) in [6.07, 6.45) is 10.6. The van der Waals surface area contributed by atoms with E-state index in [9.17, 15) is 0 Å². The topological polar surface area (TPSA) is 27.7 Å². The molecule has 0 amide bonds. The van der Waals surface area contributed by atoms with Crippen LogP contribution in [0.1, 0.15) is 60.3 Å². The summed E-state index contributed by atoms with van der Waals surface area (Å²) in [7, 11) is -1.70. The van der Waals surface area contributed by atoms with Crippen molar-refractivity contribution in [1.82, 2.24) is 0 Å². The van der Waals surface area contributed by atoms with E-state index < -0.39 is 14.1 Å². The standard InChI is InChI=1S/C21H36O3Si/c1-19(2,3)25(6,7)24-16-9-11-21-10-8-14(12-15(21)13-16)17-18(21)23-20(4,5)22-17/h8,10,14-18H,9,11-13H2,1-7H3/t14-,15-,16+,17-,18-,21-/m0/s1. The van der Waals surface area contributed by atoms with Crippen molar-refractivity contribution in [1.29, 1.82) is 0 Å². The molecule has 4 aliphatic carbocycles. The maximum absolute atomic E-state index is 6.79. The highest BCUT2D eigenvalue weighted by molar-refractivity contribution is 6.74. The molecule has 6 atom stereocenters. The SMILES string of the molecule is CC1(C)O[C@H]2[C@H]3C=C[C@@]4(CC[C@@H](O[Si](C)(C)C(C)(C)C)C[C@@H]4C3)[C@H]2O1. The molecule has 142 valence electrons. The highest BCUT2D eigenvalue weighted by atomic mass is 28.4. The van der Waals surface area contributed by atoms with Crippen molar-refractivity contribution in [2.24, 2.45) is 17.3 Å². The Labute approximate surface area is 154 Å². The van der Waals surface area contributed by atoms with Gasteiger partial charge in [0.25, 0.3) is 0 Å². The molecule has 1 heterocycles. The first-order valence-electron chi connectivity index (χ1n) is 10.2. The van der Waals surface area contributed by atoms with E-state index in [1.54, 1.807) is 0 Å². The Morgan fingerprint density at radius 1 is 1.12 bits per heavy atom. The normalized spacial score (nSPS) is 45.3. The second kappa shape index (κ2) is 5.43. The summed E-state index contributed by atoms with van der Waals surface area (Å²) in [5.74, 6) is 0.769. The van der Waals surface area contributed by atoms with Crippen molar-refractivity contribution in [3.63, 3.8) is 0 Å². The Kier molecular flexibility index (Phi) is 3.96. The molecular weight excluding hydrogens is 328 g/mol. The van der Waals surface area contributed by atoms with E-state index in [2.05, 4.69) is 59.9 Å². The van der Waals surface area contributed by atoms with Gasteiger partial charge in [-0.2, -0.15) is 0 Å². The zero-order valence-corrected chi connectivity index (χ0v) is 18.1. The van der Waals surface area contributed by atoms with Gasteiger partial charge in [-0.15, -0.1) is 0 Å². The van der Waals surface area contributed by atoms with Crippen LogP contribution in [0.15, 0.2) is 12.2 Å². The molecule has 1 saturated heterocycles. The van der Waals surface area contributed by atoms with Crippen molar-refractivity contribution in [2.45, 2.75) is 103 Å². The zero-order chi connectivity index (χ0) is 18.3. The monoisotopic (exact) mass is 364 g/mol. The maximum atomic E-state index is 6.79. The minimum absolute atomic E-state index is 0.181. The Morgan fingerprint density at radius 2 is 1.84 bits per heavy atom. The number of hydrogen-bond donors (Lipinski definition) is 0. The molecule has 2 bridgehead atoms. The average Bonchev–Trinajstić information content (AvgIpc) is 2.82. The summed E-state index contributed by atoms with van der Waals surface area (Å²) in [6, 6.07) is 0.